The molecule has 2 amide bonds. The molecule has 0 unspecified atom stereocenters. The first kappa shape index (κ1) is 15.3. The average molecular weight is 314 g/mol. The number of fused-ring (bicyclic) bond motifs is 1. The Morgan fingerprint density at radius 2 is 1.87 bits per heavy atom. The number of piperidine rings is 1. The Morgan fingerprint density at radius 3 is 2.65 bits per heavy atom. The van der Waals surface area contributed by atoms with Gasteiger partial charge in [-0.2, -0.15) is 0 Å². The molecule has 23 heavy (non-hydrogen) atoms. The Morgan fingerprint density at radius 1 is 1.13 bits per heavy atom. The van der Waals surface area contributed by atoms with Gasteiger partial charge in [0.25, 0.3) is 5.91 Å². The Labute approximate surface area is 133 Å². The third kappa shape index (κ3) is 3.41. The maximum Gasteiger partial charge on any atom is 0.349 e. The summed E-state index contributed by atoms with van der Waals surface area (Å²) >= 11 is 0. The first-order chi connectivity index (χ1) is 11.1. The van der Waals surface area contributed by atoms with Crippen LogP contribution in [0.25, 0.3) is 11.0 Å². The summed E-state index contributed by atoms with van der Waals surface area (Å²) in [5.41, 5.74) is -0.361. The SMILES string of the molecule is O=C(NCC(=O)N1CCCCC1)c1cc2ccccc2oc1=O. The molecule has 6 heteroatoms. The van der Waals surface area contributed by atoms with E-state index >= 15 is 0 Å². The fraction of sp³-hybridized carbons (Fsp3) is 0.353. The van der Waals surface area contributed by atoms with Crippen LogP contribution in [0.2, 0.25) is 0 Å². The van der Waals surface area contributed by atoms with Crippen LogP contribution >= 0.6 is 0 Å². The molecule has 1 saturated heterocycles. The number of likely N-dealkylation sites (tertiary alicyclic amines) is 1. The predicted molar refractivity (Wildman–Crippen MR) is 85.2 cm³/mol. The van der Waals surface area contributed by atoms with Crippen LogP contribution in [0.3, 0.4) is 0 Å². The van der Waals surface area contributed by atoms with Crippen LogP contribution < -0.4 is 10.9 Å². The average Bonchev–Trinajstić information content (AvgIpc) is 2.59. The first-order valence-corrected chi connectivity index (χ1v) is 7.74. The molecule has 0 bridgehead atoms. The lowest BCUT2D eigenvalue weighted by molar-refractivity contribution is -0.130. The van der Waals surface area contributed by atoms with E-state index in [2.05, 4.69) is 5.32 Å². The number of carbonyl (C=O) groups excluding carboxylic acids is 2. The zero-order valence-corrected chi connectivity index (χ0v) is 12.7. The van der Waals surface area contributed by atoms with Crippen molar-refractivity contribution in [3.8, 4) is 0 Å². The second kappa shape index (κ2) is 6.64. The molecule has 6 nitrogen and oxygen atoms in total. The van der Waals surface area contributed by atoms with Crippen LogP contribution in [0.4, 0.5) is 0 Å². The molecule has 1 aromatic carbocycles. The minimum absolute atomic E-state index is 0.0878. The van der Waals surface area contributed by atoms with Gasteiger partial charge in [-0.3, -0.25) is 9.59 Å². The normalized spacial score (nSPS) is 14.7. The van der Waals surface area contributed by atoms with Crippen molar-refractivity contribution in [3.63, 3.8) is 0 Å². The van der Waals surface area contributed by atoms with Crippen molar-refractivity contribution < 1.29 is 14.0 Å². The fourth-order valence-corrected chi connectivity index (χ4v) is 2.73. The number of amides is 2. The Hall–Kier alpha value is -2.63. The van der Waals surface area contributed by atoms with Gasteiger partial charge in [-0.1, -0.05) is 18.2 Å². The summed E-state index contributed by atoms with van der Waals surface area (Å²) in [6, 6.07) is 8.46. The molecule has 2 heterocycles. The lowest BCUT2D eigenvalue weighted by Crippen LogP contribution is -2.43. The van der Waals surface area contributed by atoms with Crippen molar-refractivity contribution in [2.24, 2.45) is 0 Å². The summed E-state index contributed by atoms with van der Waals surface area (Å²) < 4.78 is 5.13. The fourth-order valence-electron chi connectivity index (χ4n) is 2.73. The van der Waals surface area contributed by atoms with Gasteiger partial charge < -0.3 is 14.6 Å². The summed E-state index contributed by atoms with van der Waals surface area (Å²) in [4.78, 5) is 37.8. The van der Waals surface area contributed by atoms with Crippen molar-refractivity contribution in [3.05, 3.63) is 46.3 Å². The molecule has 1 aliphatic rings. The van der Waals surface area contributed by atoms with Gasteiger partial charge in [0, 0.05) is 18.5 Å². The highest BCUT2D eigenvalue weighted by Gasteiger charge is 2.19. The van der Waals surface area contributed by atoms with Crippen LogP contribution in [-0.4, -0.2) is 36.3 Å². The maximum absolute atomic E-state index is 12.2. The molecule has 1 aromatic heterocycles. The van der Waals surface area contributed by atoms with E-state index < -0.39 is 11.5 Å². The highest BCUT2D eigenvalue weighted by molar-refractivity contribution is 5.98. The Balaban J connectivity index is 1.69. The van der Waals surface area contributed by atoms with Gasteiger partial charge in [0.2, 0.25) is 5.91 Å². The van der Waals surface area contributed by atoms with Crippen molar-refractivity contribution >= 4 is 22.8 Å². The number of hydrogen-bond donors (Lipinski definition) is 1. The number of nitrogens with one attached hydrogen (secondary N) is 1. The monoisotopic (exact) mass is 314 g/mol. The summed E-state index contributed by atoms with van der Waals surface area (Å²) in [7, 11) is 0. The lowest BCUT2D eigenvalue weighted by atomic mass is 10.1. The third-order valence-electron chi connectivity index (χ3n) is 3.99. The molecule has 0 radical (unpaired) electrons. The van der Waals surface area contributed by atoms with E-state index in [1.54, 1.807) is 29.2 Å². The van der Waals surface area contributed by atoms with Gasteiger partial charge in [0.15, 0.2) is 0 Å². The van der Waals surface area contributed by atoms with Crippen molar-refractivity contribution in [2.45, 2.75) is 19.3 Å². The summed E-state index contributed by atoms with van der Waals surface area (Å²) in [6.07, 6.45) is 3.12. The number of rotatable bonds is 3. The first-order valence-electron chi connectivity index (χ1n) is 7.74. The largest absolute Gasteiger partial charge is 0.422 e. The standard InChI is InChI=1S/C17H18N2O4/c20-15(19-8-4-1-5-9-19)11-18-16(21)13-10-12-6-2-3-7-14(12)23-17(13)22/h2-3,6-7,10H,1,4-5,8-9,11H2,(H,18,21). The van der Waals surface area contributed by atoms with E-state index in [1.165, 1.54) is 6.07 Å². The van der Waals surface area contributed by atoms with Gasteiger partial charge in [-0.25, -0.2) is 4.79 Å². The second-order valence-electron chi connectivity index (χ2n) is 5.61. The van der Waals surface area contributed by atoms with Crippen molar-refractivity contribution in [1.29, 1.82) is 0 Å². The van der Waals surface area contributed by atoms with E-state index in [4.69, 9.17) is 4.42 Å². The van der Waals surface area contributed by atoms with Gasteiger partial charge in [-0.15, -0.1) is 0 Å². The van der Waals surface area contributed by atoms with Gasteiger partial charge in [0.05, 0.1) is 6.54 Å². The van der Waals surface area contributed by atoms with E-state index in [0.29, 0.717) is 11.0 Å². The smallest absolute Gasteiger partial charge is 0.349 e. The lowest BCUT2D eigenvalue weighted by Gasteiger charge is -2.26. The van der Waals surface area contributed by atoms with Gasteiger partial charge >= 0.3 is 5.63 Å². The number of nitrogens with zero attached hydrogens (tertiary/aromatic N) is 1. The quantitative estimate of drug-likeness (QED) is 0.872. The third-order valence-corrected chi connectivity index (χ3v) is 3.99. The van der Waals surface area contributed by atoms with Gasteiger partial charge in [-0.05, 0) is 31.4 Å². The number of carbonyl (C=O) groups is 2. The van der Waals surface area contributed by atoms with Gasteiger partial charge in [0.1, 0.15) is 11.1 Å². The zero-order chi connectivity index (χ0) is 16.2. The highest BCUT2D eigenvalue weighted by Crippen LogP contribution is 2.12. The molecule has 1 fully saturated rings. The van der Waals surface area contributed by atoms with Crippen molar-refractivity contribution in [2.75, 3.05) is 19.6 Å². The van der Waals surface area contributed by atoms with Crippen LogP contribution in [0.5, 0.6) is 0 Å². The van der Waals surface area contributed by atoms with Crippen LogP contribution in [0, 0.1) is 0 Å². The molecular formula is C17H18N2O4. The second-order valence-corrected chi connectivity index (χ2v) is 5.61. The van der Waals surface area contributed by atoms with E-state index in [-0.39, 0.29) is 18.0 Å². The minimum atomic E-state index is -0.702. The molecule has 0 spiro atoms. The maximum atomic E-state index is 12.2. The molecule has 3 rings (SSSR count). The molecule has 0 saturated carbocycles. The number of benzene rings is 1. The molecular weight excluding hydrogens is 296 g/mol. The topological polar surface area (TPSA) is 79.6 Å². The van der Waals surface area contributed by atoms with E-state index in [1.807, 2.05) is 0 Å². The number of para-hydroxylation sites is 1. The van der Waals surface area contributed by atoms with E-state index in [0.717, 1.165) is 32.4 Å². The predicted octanol–water partition coefficient (Wildman–Crippen LogP) is 1.54. The molecule has 0 aliphatic carbocycles. The summed E-state index contributed by atoms with van der Waals surface area (Å²) in [6.45, 7) is 1.35. The number of hydrogen-bond acceptors (Lipinski definition) is 4. The molecule has 1 aliphatic heterocycles. The van der Waals surface area contributed by atoms with Crippen LogP contribution in [0.1, 0.15) is 29.6 Å². The molecule has 2 aromatic rings. The summed E-state index contributed by atoms with van der Waals surface area (Å²) in [5.74, 6) is -0.710. The molecule has 1 N–H and O–H groups in total. The zero-order valence-electron chi connectivity index (χ0n) is 12.7. The molecule has 120 valence electrons. The van der Waals surface area contributed by atoms with Crippen LogP contribution in [0.15, 0.2) is 39.5 Å². The highest BCUT2D eigenvalue weighted by atomic mass is 16.4. The summed E-state index contributed by atoms with van der Waals surface area (Å²) in [5, 5.41) is 3.18. The minimum Gasteiger partial charge on any atom is -0.422 e. The Kier molecular flexibility index (Phi) is 4.41. The molecule has 0 atom stereocenters. The van der Waals surface area contributed by atoms with Crippen LogP contribution in [-0.2, 0) is 4.79 Å². The van der Waals surface area contributed by atoms with E-state index in [9.17, 15) is 14.4 Å². The van der Waals surface area contributed by atoms with Crippen molar-refractivity contribution in [1.82, 2.24) is 10.2 Å². The Bertz CT molecular complexity index is 791.